The van der Waals surface area contributed by atoms with E-state index in [0.29, 0.717) is 6.61 Å². The molecule has 0 saturated heterocycles. The maximum absolute atomic E-state index is 12.2. The van der Waals surface area contributed by atoms with Crippen LogP contribution in [-0.4, -0.2) is 5.91 Å². The molecule has 4 heteroatoms. The van der Waals surface area contributed by atoms with E-state index in [2.05, 4.69) is 16.9 Å². The minimum atomic E-state index is -0.0548. The van der Waals surface area contributed by atoms with Gasteiger partial charge in [0.2, 0.25) is 0 Å². The molecule has 104 valence electrons. The fraction of sp³-hybridized carbons (Fsp3) is 0.312. The standard InChI is InChI=1S/C16H17NO2S/c18-16(17-19-11-12-5-2-1-3-6-12)14-7-4-8-15-13(14)9-10-20-15/h1-3,5-6,9-10,14H,4,7-8,11H2,(H,17,18). The summed E-state index contributed by atoms with van der Waals surface area (Å²) in [5.41, 5.74) is 4.83. The Labute approximate surface area is 122 Å². The highest BCUT2D eigenvalue weighted by Crippen LogP contribution is 2.34. The average Bonchev–Trinajstić information content (AvgIpc) is 2.96. The largest absolute Gasteiger partial charge is 0.272 e. The molecule has 1 amide bonds. The number of aryl methyl sites for hydroxylation is 1. The monoisotopic (exact) mass is 287 g/mol. The summed E-state index contributed by atoms with van der Waals surface area (Å²) >= 11 is 1.75. The zero-order valence-corrected chi connectivity index (χ0v) is 12.0. The lowest BCUT2D eigenvalue weighted by Crippen LogP contribution is -2.31. The number of carbonyl (C=O) groups excluding carboxylic acids is 1. The molecule has 1 aromatic heterocycles. The van der Waals surface area contributed by atoms with Crippen LogP contribution in [0.1, 0.15) is 34.8 Å². The van der Waals surface area contributed by atoms with Crippen LogP contribution in [0.3, 0.4) is 0 Å². The second-order valence-electron chi connectivity index (χ2n) is 4.98. The number of rotatable bonds is 4. The minimum absolute atomic E-state index is 0.0275. The molecule has 0 saturated carbocycles. The van der Waals surface area contributed by atoms with Crippen molar-refractivity contribution in [2.24, 2.45) is 0 Å². The van der Waals surface area contributed by atoms with Crippen LogP contribution >= 0.6 is 11.3 Å². The van der Waals surface area contributed by atoms with Gasteiger partial charge in [0.05, 0.1) is 12.5 Å². The second-order valence-corrected chi connectivity index (χ2v) is 5.99. The molecule has 0 fully saturated rings. The molecule has 3 nitrogen and oxygen atoms in total. The molecule has 0 aliphatic heterocycles. The molecular weight excluding hydrogens is 270 g/mol. The summed E-state index contributed by atoms with van der Waals surface area (Å²) < 4.78 is 0. The van der Waals surface area contributed by atoms with E-state index in [-0.39, 0.29) is 11.8 Å². The molecule has 1 aromatic carbocycles. The Balaban J connectivity index is 1.56. The zero-order chi connectivity index (χ0) is 13.8. The fourth-order valence-corrected chi connectivity index (χ4v) is 3.58. The number of fused-ring (bicyclic) bond motifs is 1. The van der Waals surface area contributed by atoms with Gasteiger partial charge >= 0.3 is 0 Å². The van der Waals surface area contributed by atoms with Crippen molar-refractivity contribution in [2.75, 3.05) is 0 Å². The lowest BCUT2D eigenvalue weighted by molar-refractivity contribution is -0.136. The number of nitrogens with one attached hydrogen (secondary N) is 1. The molecule has 1 aliphatic rings. The van der Waals surface area contributed by atoms with Crippen molar-refractivity contribution in [2.45, 2.75) is 31.8 Å². The Morgan fingerprint density at radius 1 is 1.30 bits per heavy atom. The van der Waals surface area contributed by atoms with Gasteiger partial charge in [0.15, 0.2) is 0 Å². The molecule has 1 heterocycles. The SMILES string of the molecule is O=C(NOCc1ccccc1)C1CCCc2sccc21. The van der Waals surface area contributed by atoms with Crippen molar-refractivity contribution in [3.05, 3.63) is 57.8 Å². The lowest BCUT2D eigenvalue weighted by Gasteiger charge is -2.21. The van der Waals surface area contributed by atoms with Crippen molar-refractivity contribution in [3.63, 3.8) is 0 Å². The van der Waals surface area contributed by atoms with Crippen LogP contribution in [0.5, 0.6) is 0 Å². The van der Waals surface area contributed by atoms with E-state index in [9.17, 15) is 4.79 Å². The summed E-state index contributed by atoms with van der Waals surface area (Å²) in [4.78, 5) is 18.9. The molecule has 1 aliphatic carbocycles. The fourth-order valence-electron chi connectivity index (χ4n) is 2.59. The van der Waals surface area contributed by atoms with Crippen LogP contribution < -0.4 is 5.48 Å². The molecule has 0 radical (unpaired) electrons. The van der Waals surface area contributed by atoms with E-state index >= 15 is 0 Å². The Bertz CT molecular complexity index is 579. The van der Waals surface area contributed by atoms with Gasteiger partial charge in [0.1, 0.15) is 0 Å². The van der Waals surface area contributed by atoms with E-state index in [4.69, 9.17) is 4.84 Å². The van der Waals surface area contributed by atoms with Crippen LogP contribution in [0.15, 0.2) is 41.8 Å². The number of benzene rings is 1. The van der Waals surface area contributed by atoms with Gasteiger partial charge in [-0.05, 0) is 41.8 Å². The Kier molecular flexibility index (Phi) is 4.14. The highest BCUT2D eigenvalue weighted by molar-refractivity contribution is 7.10. The van der Waals surface area contributed by atoms with E-state index in [1.54, 1.807) is 11.3 Å². The molecule has 20 heavy (non-hydrogen) atoms. The van der Waals surface area contributed by atoms with Crippen LogP contribution in [0, 0.1) is 0 Å². The van der Waals surface area contributed by atoms with Crippen LogP contribution in [-0.2, 0) is 22.7 Å². The molecular formula is C16H17NO2S. The van der Waals surface area contributed by atoms with Crippen molar-refractivity contribution in [3.8, 4) is 0 Å². The third kappa shape index (κ3) is 2.92. The summed E-state index contributed by atoms with van der Waals surface area (Å²) in [7, 11) is 0. The smallest absolute Gasteiger partial charge is 0.251 e. The van der Waals surface area contributed by atoms with Gasteiger partial charge in [-0.25, -0.2) is 5.48 Å². The zero-order valence-electron chi connectivity index (χ0n) is 11.2. The lowest BCUT2D eigenvalue weighted by atomic mass is 9.87. The summed E-state index contributed by atoms with van der Waals surface area (Å²) in [5.74, 6) is -0.0824. The topological polar surface area (TPSA) is 38.3 Å². The number of hydrogen-bond donors (Lipinski definition) is 1. The van der Waals surface area contributed by atoms with E-state index < -0.39 is 0 Å². The van der Waals surface area contributed by atoms with Crippen molar-refractivity contribution >= 4 is 17.2 Å². The molecule has 2 aromatic rings. The summed E-state index contributed by atoms with van der Waals surface area (Å²) in [6.07, 6.45) is 3.08. The van der Waals surface area contributed by atoms with Gasteiger partial charge in [0, 0.05) is 4.88 Å². The third-order valence-corrected chi connectivity index (χ3v) is 4.62. The summed E-state index contributed by atoms with van der Waals surface area (Å²) in [6.45, 7) is 0.399. The normalized spacial score (nSPS) is 17.5. The summed E-state index contributed by atoms with van der Waals surface area (Å²) in [6, 6.07) is 11.9. The number of carbonyl (C=O) groups is 1. The van der Waals surface area contributed by atoms with Crippen molar-refractivity contribution in [1.82, 2.24) is 5.48 Å². The van der Waals surface area contributed by atoms with Gasteiger partial charge in [-0.1, -0.05) is 30.3 Å². The average molecular weight is 287 g/mol. The number of amides is 1. The van der Waals surface area contributed by atoms with E-state index in [1.807, 2.05) is 30.3 Å². The third-order valence-electron chi connectivity index (χ3n) is 3.62. The van der Waals surface area contributed by atoms with Crippen LogP contribution in [0.25, 0.3) is 0 Å². The molecule has 1 unspecified atom stereocenters. The predicted octanol–water partition coefficient (Wildman–Crippen LogP) is 3.42. The molecule has 1 atom stereocenters. The van der Waals surface area contributed by atoms with Gasteiger partial charge in [0.25, 0.3) is 5.91 Å². The predicted molar refractivity (Wildman–Crippen MR) is 79.4 cm³/mol. The van der Waals surface area contributed by atoms with Crippen LogP contribution in [0.2, 0.25) is 0 Å². The maximum Gasteiger partial charge on any atom is 0.251 e. The number of thiophene rings is 1. The maximum atomic E-state index is 12.2. The van der Waals surface area contributed by atoms with Crippen molar-refractivity contribution in [1.29, 1.82) is 0 Å². The number of hydrogen-bond acceptors (Lipinski definition) is 3. The molecule has 0 bridgehead atoms. The van der Waals surface area contributed by atoms with Crippen LogP contribution in [0.4, 0.5) is 0 Å². The minimum Gasteiger partial charge on any atom is -0.272 e. The Hall–Kier alpha value is -1.65. The summed E-state index contributed by atoms with van der Waals surface area (Å²) in [5, 5.41) is 2.07. The van der Waals surface area contributed by atoms with Gasteiger partial charge in [-0.3, -0.25) is 9.63 Å². The highest BCUT2D eigenvalue weighted by Gasteiger charge is 2.27. The first kappa shape index (κ1) is 13.3. The first-order valence-corrected chi connectivity index (χ1v) is 7.74. The molecule has 1 N–H and O–H groups in total. The molecule has 0 spiro atoms. The highest BCUT2D eigenvalue weighted by atomic mass is 32.1. The number of hydroxylamine groups is 1. The molecule has 3 rings (SSSR count). The van der Waals surface area contributed by atoms with Gasteiger partial charge < -0.3 is 0 Å². The quantitative estimate of drug-likeness (QED) is 0.875. The van der Waals surface area contributed by atoms with Gasteiger partial charge in [-0.2, -0.15) is 0 Å². The first-order chi connectivity index (χ1) is 9.84. The second kappa shape index (κ2) is 6.20. The van der Waals surface area contributed by atoms with Gasteiger partial charge in [-0.15, -0.1) is 11.3 Å². The van der Waals surface area contributed by atoms with E-state index in [1.165, 1.54) is 10.4 Å². The Morgan fingerprint density at radius 2 is 2.15 bits per heavy atom. The van der Waals surface area contributed by atoms with Crippen molar-refractivity contribution < 1.29 is 9.63 Å². The van der Waals surface area contributed by atoms with E-state index in [0.717, 1.165) is 24.8 Å². The Morgan fingerprint density at radius 3 is 3.00 bits per heavy atom. The first-order valence-electron chi connectivity index (χ1n) is 6.86.